The van der Waals surface area contributed by atoms with Gasteiger partial charge in [0.2, 0.25) is 0 Å². The number of rotatable bonds is 6. The second kappa shape index (κ2) is 9.79. The molecule has 0 aliphatic heterocycles. The van der Waals surface area contributed by atoms with Crippen LogP contribution >= 0.6 is 0 Å². The van der Waals surface area contributed by atoms with Crippen molar-refractivity contribution in [2.75, 3.05) is 7.05 Å². The van der Waals surface area contributed by atoms with Gasteiger partial charge in [-0.25, -0.2) is 0 Å². The quantitative estimate of drug-likeness (QED) is 0.296. The maximum atomic E-state index is 13.4. The zero-order chi connectivity index (χ0) is 27.9. The zero-order valence-electron chi connectivity index (χ0n) is 20.3. The first kappa shape index (κ1) is 27.2. The van der Waals surface area contributed by atoms with Gasteiger partial charge in [0.15, 0.2) is 0 Å². The predicted octanol–water partition coefficient (Wildman–Crippen LogP) is 6.05. The molecule has 5 nitrogen and oxygen atoms in total. The number of carbonyl (C=O) groups excluding carboxylic acids is 1. The number of alkyl halides is 6. The second-order valence-corrected chi connectivity index (χ2v) is 9.05. The summed E-state index contributed by atoms with van der Waals surface area (Å²) < 4.78 is 80.7. The molecule has 2 N–H and O–H groups in total. The largest absolute Gasteiger partial charge is 0.430 e. The monoisotopic (exact) mass is 535 g/mol. The summed E-state index contributed by atoms with van der Waals surface area (Å²) in [6, 6.07) is 14.4. The molecule has 0 fully saturated rings. The molecular weight excluding hydrogens is 512 g/mol. The molecule has 2 aromatic carbocycles. The van der Waals surface area contributed by atoms with Crippen LogP contribution in [-0.2, 0) is 18.6 Å². The van der Waals surface area contributed by atoms with Gasteiger partial charge in [-0.2, -0.15) is 26.3 Å². The van der Waals surface area contributed by atoms with Gasteiger partial charge in [0.1, 0.15) is 0 Å². The molecule has 38 heavy (non-hydrogen) atoms. The van der Waals surface area contributed by atoms with Crippen molar-refractivity contribution in [2.45, 2.75) is 37.8 Å². The van der Waals surface area contributed by atoms with E-state index in [1.165, 1.54) is 4.90 Å². The van der Waals surface area contributed by atoms with Crippen molar-refractivity contribution in [1.82, 2.24) is 14.9 Å². The fourth-order valence-electron chi connectivity index (χ4n) is 4.37. The van der Waals surface area contributed by atoms with Crippen molar-refractivity contribution in [2.24, 2.45) is 0 Å². The van der Waals surface area contributed by atoms with Gasteiger partial charge < -0.3 is 15.0 Å². The van der Waals surface area contributed by atoms with E-state index < -0.39 is 23.5 Å². The molecule has 0 radical (unpaired) electrons. The van der Waals surface area contributed by atoms with Crippen LogP contribution in [0.4, 0.5) is 26.3 Å². The fraction of sp³-hybridized carbons (Fsp3) is 0.259. The summed E-state index contributed by atoms with van der Waals surface area (Å²) in [4.78, 5) is 21.6. The van der Waals surface area contributed by atoms with E-state index in [1.54, 1.807) is 62.6 Å². The first-order valence-corrected chi connectivity index (χ1v) is 11.4. The standard InChI is InChI=1S/C27H23F6N3O2/c1-16-21(22-14-19(9-10-23(22)35-16)25(38,26(28,29)30)27(31,32)33)13-17-6-5-7-18(12-17)24(37)36(2)15-20-8-3-4-11-34-20/h3-12,14,35,38H,13,15H2,1-2H3. The number of carbonyl (C=O) groups is 1. The minimum atomic E-state index is -5.99. The van der Waals surface area contributed by atoms with E-state index in [2.05, 4.69) is 9.97 Å². The number of nitrogens with one attached hydrogen (secondary N) is 1. The summed E-state index contributed by atoms with van der Waals surface area (Å²) in [5.41, 5.74) is -3.38. The van der Waals surface area contributed by atoms with Crippen molar-refractivity contribution in [3.05, 3.63) is 101 Å². The average molecular weight is 535 g/mol. The summed E-state index contributed by atoms with van der Waals surface area (Å²) in [6.45, 7) is 1.92. The number of halogens is 6. The van der Waals surface area contributed by atoms with Crippen molar-refractivity contribution >= 4 is 16.8 Å². The number of aliphatic hydroxyl groups is 1. The third-order valence-electron chi connectivity index (χ3n) is 6.38. The van der Waals surface area contributed by atoms with E-state index >= 15 is 0 Å². The number of aromatic nitrogens is 2. The van der Waals surface area contributed by atoms with Gasteiger partial charge in [0.25, 0.3) is 11.5 Å². The SMILES string of the molecule is Cc1[nH]c2ccc(C(O)(C(F)(F)F)C(F)(F)F)cc2c1Cc1cccc(C(=O)N(C)Cc2ccccn2)c1. The number of benzene rings is 2. The molecule has 2 aromatic heterocycles. The molecule has 11 heteroatoms. The lowest BCUT2D eigenvalue weighted by molar-refractivity contribution is -0.376. The average Bonchev–Trinajstić information content (AvgIpc) is 3.16. The molecule has 4 rings (SSSR count). The Hall–Kier alpha value is -3.86. The number of H-pyrrole nitrogens is 1. The highest BCUT2D eigenvalue weighted by Gasteiger charge is 2.71. The predicted molar refractivity (Wildman–Crippen MR) is 128 cm³/mol. The lowest BCUT2D eigenvalue weighted by Crippen LogP contribution is -2.53. The Bertz CT molecular complexity index is 1450. The number of nitrogens with zero attached hydrogens (tertiary/aromatic N) is 2. The van der Waals surface area contributed by atoms with Crippen LogP contribution in [0, 0.1) is 6.92 Å². The number of aromatic amines is 1. The Balaban J connectivity index is 1.67. The lowest BCUT2D eigenvalue weighted by atomic mass is 9.90. The normalized spacial score (nSPS) is 12.7. The number of amides is 1. The molecule has 0 aliphatic rings. The highest BCUT2D eigenvalue weighted by Crippen LogP contribution is 2.50. The smallest absolute Gasteiger partial charge is 0.369 e. The molecule has 200 valence electrons. The number of aryl methyl sites for hydroxylation is 1. The summed E-state index contributed by atoms with van der Waals surface area (Å²) >= 11 is 0. The topological polar surface area (TPSA) is 69.2 Å². The van der Waals surface area contributed by atoms with E-state index in [1.807, 2.05) is 0 Å². The molecule has 0 atom stereocenters. The molecular formula is C27H23F6N3O2. The Morgan fingerprint density at radius 2 is 1.68 bits per heavy atom. The fourth-order valence-corrected chi connectivity index (χ4v) is 4.37. The van der Waals surface area contributed by atoms with Crippen LogP contribution in [0.25, 0.3) is 10.9 Å². The van der Waals surface area contributed by atoms with E-state index in [-0.39, 0.29) is 24.3 Å². The van der Waals surface area contributed by atoms with Crippen molar-refractivity contribution in [3.63, 3.8) is 0 Å². The van der Waals surface area contributed by atoms with Crippen LogP contribution < -0.4 is 0 Å². The number of hydrogen-bond acceptors (Lipinski definition) is 3. The Morgan fingerprint density at radius 3 is 2.32 bits per heavy atom. The van der Waals surface area contributed by atoms with E-state index in [0.29, 0.717) is 45.7 Å². The Labute approximate surface area is 213 Å². The molecule has 0 spiro atoms. The minimum absolute atomic E-state index is 0.107. The van der Waals surface area contributed by atoms with Gasteiger partial charge in [0.05, 0.1) is 12.2 Å². The van der Waals surface area contributed by atoms with Crippen LogP contribution in [0.3, 0.4) is 0 Å². The van der Waals surface area contributed by atoms with Gasteiger partial charge in [-0.15, -0.1) is 0 Å². The summed E-state index contributed by atoms with van der Waals surface area (Å²) in [6.07, 6.45) is -10.2. The number of fused-ring (bicyclic) bond motifs is 1. The van der Waals surface area contributed by atoms with Crippen LogP contribution in [0.1, 0.15) is 38.4 Å². The van der Waals surface area contributed by atoms with Crippen LogP contribution in [0.5, 0.6) is 0 Å². The third kappa shape index (κ3) is 4.98. The molecule has 0 saturated carbocycles. The third-order valence-corrected chi connectivity index (χ3v) is 6.38. The highest BCUT2D eigenvalue weighted by atomic mass is 19.4. The highest BCUT2D eigenvalue weighted by molar-refractivity contribution is 5.94. The molecule has 1 amide bonds. The van der Waals surface area contributed by atoms with Crippen molar-refractivity contribution < 1.29 is 36.2 Å². The first-order valence-electron chi connectivity index (χ1n) is 11.4. The molecule has 0 bridgehead atoms. The van der Waals surface area contributed by atoms with Gasteiger partial charge in [0, 0.05) is 41.0 Å². The summed E-state index contributed by atoms with van der Waals surface area (Å²) in [7, 11) is 1.62. The molecule has 0 saturated heterocycles. The maximum absolute atomic E-state index is 13.4. The van der Waals surface area contributed by atoms with Gasteiger partial charge in [-0.3, -0.25) is 9.78 Å². The Kier molecular flexibility index (Phi) is 7.00. The van der Waals surface area contributed by atoms with Crippen LogP contribution in [0.2, 0.25) is 0 Å². The van der Waals surface area contributed by atoms with Crippen LogP contribution in [0.15, 0.2) is 66.9 Å². The zero-order valence-corrected chi connectivity index (χ0v) is 20.3. The van der Waals surface area contributed by atoms with Gasteiger partial charge in [-0.05, 0) is 60.9 Å². The summed E-state index contributed by atoms with van der Waals surface area (Å²) in [5.74, 6) is -0.282. The second-order valence-electron chi connectivity index (χ2n) is 9.05. The number of pyridine rings is 1. The lowest BCUT2D eigenvalue weighted by Gasteiger charge is -2.32. The maximum Gasteiger partial charge on any atom is 0.430 e. The van der Waals surface area contributed by atoms with Crippen molar-refractivity contribution in [3.8, 4) is 0 Å². The molecule has 2 heterocycles. The van der Waals surface area contributed by atoms with Crippen molar-refractivity contribution in [1.29, 1.82) is 0 Å². The first-order chi connectivity index (χ1) is 17.7. The minimum Gasteiger partial charge on any atom is -0.369 e. The molecule has 0 unspecified atom stereocenters. The molecule has 4 aromatic rings. The summed E-state index contributed by atoms with van der Waals surface area (Å²) in [5, 5.41) is 9.96. The van der Waals surface area contributed by atoms with Crippen LogP contribution in [-0.4, -0.2) is 45.3 Å². The van der Waals surface area contributed by atoms with E-state index in [4.69, 9.17) is 0 Å². The number of hydrogen-bond donors (Lipinski definition) is 2. The molecule has 0 aliphatic carbocycles. The van der Waals surface area contributed by atoms with Gasteiger partial charge >= 0.3 is 12.4 Å². The van der Waals surface area contributed by atoms with E-state index in [0.717, 1.165) is 6.07 Å². The van der Waals surface area contributed by atoms with Gasteiger partial charge in [-0.1, -0.05) is 24.3 Å². The van der Waals surface area contributed by atoms with E-state index in [9.17, 15) is 36.2 Å². The Morgan fingerprint density at radius 1 is 0.974 bits per heavy atom.